The molecule has 0 spiro atoms. The fourth-order valence-corrected chi connectivity index (χ4v) is 5.12. The van der Waals surface area contributed by atoms with Gasteiger partial charge in [0.2, 0.25) is 0 Å². The van der Waals surface area contributed by atoms with Crippen molar-refractivity contribution in [2.45, 2.75) is 52.0 Å². The number of aliphatic hydroxyl groups is 1. The number of nitrogens with zero attached hydrogens (tertiary/aromatic N) is 2. The van der Waals surface area contributed by atoms with Crippen LogP contribution in [0.3, 0.4) is 0 Å². The molecule has 0 saturated carbocycles. The number of halogens is 1. The standard InChI is InChI=1S/C24H26FN4O8P/c1-4-24(32)15-6-19-21-13(8-29(19)22(30)14(15)9-36-23(24)31)20(27-11(2)3)12-5-18(16(25)7-17(12)28-21)26-10-37-38(33,34)35/h5-7,11,26,32H,4,8-10H2,1-3H3,(H,27,28)(H2,33,34,35)/t24-/m0/s1. The van der Waals surface area contributed by atoms with Crippen LogP contribution >= 0.6 is 7.82 Å². The number of fused-ring (bicyclic) bond motifs is 5. The minimum atomic E-state index is -4.76. The predicted molar refractivity (Wildman–Crippen MR) is 135 cm³/mol. The molecule has 3 aromatic rings. The van der Waals surface area contributed by atoms with E-state index in [9.17, 15) is 23.7 Å². The van der Waals surface area contributed by atoms with Crippen molar-refractivity contribution in [3.63, 3.8) is 0 Å². The van der Waals surface area contributed by atoms with Crippen LogP contribution in [0, 0.1) is 5.82 Å². The Bertz CT molecular complexity index is 1600. The maximum Gasteiger partial charge on any atom is 0.471 e. The molecule has 1 atom stereocenters. The van der Waals surface area contributed by atoms with Crippen molar-refractivity contribution >= 4 is 36.1 Å². The van der Waals surface area contributed by atoms with Crippen molar-refractivity contribution in [3.05, 3.63) is 51.1 Å². The molecule has 202 valence electrons. The van der Waals surface area contributed by atoms with E-state index in [4.69, 9.17) is 14.5 Å². The summed E-state index contributed by atoms with van der Waals surface area (Å²) in [6.45, 7) is 4.68. The fraction of sp³-hybridized carbons (Fsp3) is 0.375. The van der Waals surface area contributed by atoms with Crippen LogP contribution in [0.1, 0.15) is 43.9 Å². The summed E-state index contributed by atoms with van der Waals surface area (Å²) >= 11 is 0. The number of aromatic nitrogens is 2. The third kappa shape index (κ3) is 4.26. The van der Waals surface area contributed by atoms with Gasteiger partial charge in [0.25, 0.3) is 5.56 Å². The van der Waals surface area contributed by atoms with Gasteiger partial charge in [-0.15, -0.1) is 0 Å². The highest BCUT2D eigenvalue weighted by atomic mass is 31.2. The number of phosphoric acid groups is 1. The average Bonchev–Trinajstić information content (AvgIpc) is 3.20. The maximum atomic E-state index is 14.9. The third-order valence-electron chi connectivity index (χ3n) is 6.70. The monoisotopic (exact) mass is 548 g/mol. The molecule has 0 saturated heterocycles. The summed E-state index contributed by atoms with van der Waals surface area (Å²) in [6.07, 6.45) is 0.00655. The van der Waals surface area contributed by atoms with Gasteiger partial charge >= 0.3 is 13.8 Å². The van der Waals surface area contributed by atoms with Gasteiger partial charge < -0.3 is 34.8 Å². The summed E-state index contributed by atoms with van der Waals surface area (Å²) in [5.74, 6) is -1.56. The van der Waals surface area contributed by atoms with E-state index in [1.54, 1.807) is 13.0 Å². The molecule has 0 amide bonds. The number of esters is 1. The summed E-state index contributed by atoms with van der Waals surface area (Å²) in [6, 6.07) is 4.13. The van der Waals surface area contributed by atoms with Crippen LogP contribution in [0.4, 0.5) is 15.8 Å². The fourth-order valence-electron chi connectivity index (χ4n) is 4.88. The quantitative estimate of drug-likeness (QED) is 0.131. The first-order valence-corrected chi connectivity index (χ1v) is 13.4. The third-order valence-corrected chi connectivity index (χ3v) is 7.17. The van der Waals surface area contributed by atoms with E-state index >= 15 is 0 Å². The number of nitrogens with one attached hydrogen (secondary N) is 2. The van der Waals surface area contributed by atoms with Crippen molar-refractivity contribution in [3.8, 4) is 11.4 Å². The van der Waals surface area contributed by atoms with Gasteiger partial charge in [0, 0.05) is 28.6 Å². The second-order valence-electron chi connectivity index (χ2n) is 9.51. The lowest BCUT2D eigenvalue weighted by Gasteiger charge is -2.31. The zero-order valence-electron chi connectivity index (χ0n) is 20.7. The number of carbonyl (C=O) groups excluding carboxylic acids is 1. The van der Waals surface area contributed by atoms with Crippen LogP contribution in [-0.2, 0) is 37.4 Å². The Morgan fingerprint density at radius 2 is 2.00 bits per heavy atom. The Kier molecular flexibility index (Phi) is 6.32. The number of cyclic esters (lactones) is 1. The van der Waals surface area contributed by atoms with E-state index in [0.29, 0.717) is 28.0 Å². The van der Waals surface area contributed by atoms with E-state index in [-0.39, 0.29) is 47.9 Å². The molecule has 5 N–H and O–H groups in total. The molecule has 4 heterocycles. The SMILES string of the molecule is CC[C@@]1(O)C(=O)OCc2c1cc1n(c2=O)Cc2c-1nc1cc(F)c(NCOP(=O)(O)O)cc1c2NC(C)C. The van der Waals surface area contributed by atoms with Crippen LogP contribution in [0.2, 0.25) is 0 Å². The van der Waals surface area contributed by atoms with Gasteiger partial charge in [-0.2, -0.15) is 0 Å². The van der Waals surface area contributed by atoms with Crippen molar-refractivity contribution in [1.82, 2.24) is 9.55 Å². The maximum absolute atomic E-state index is 14.9. The zero-order valence-corrected chi connectivity index (χ0v) is 21.6. The summed E-state index contributed by atoms with van der Waals surface area (Å²) in [7, 11) is -4.76. The lowest BCUT2D eigenvalue weighted by Crippen LogP contribution is -2.44. The normalized spacial score (nSPS) is 18.3. The van der Waals surface area contributed by atoms with Gasteiger partial charge in [0.05, 0.1) is 40.4 Å². The van der Waals surface area contributed by atoms with Crippen LogP contribution in [-0.4, -0.2) is 43.2 Å². The molecule has 2 aromatic heterocycles. The Balaban J connectivity index is 1.70. The van der Waals surface area contributed by atoms with Gasteiger partial charge in [-0.05, 0) is 32.4 Å². The Morgan fingerprint density at radius 3 is 2.66 bits per heavy atom. The minimum Gasteiger partial charge on any atom is -0.458 e. The molecule has 0 bridgehead atoms. The number of rotatable bonds is 7. The topological polar surface area (TPSA) is 172 Å². The minimum absolute atomic E-state index is 0.00655. The van der Waals surface area contributed by atoms with Crippen molar-refractivity contribution < 1.29 is 37.9 Å². The highest BCUT2D eigenvalue weighted by Crippen LogP contribution is 2.43. The van der Waals surface area contributed by atoms with Crippen LogP contribution in [0.5, 0.6) is 0 Å². The van der Waals surface area contributed by atoms with E-state index in [1.165, 1.54) is 16.7 Å². The largest absolute Gasteiger partial charge is 0.471 e. The summed E-state index contributed by atoms with van der Waals surface area (Å²) in [5, 5.41) is 17.4. The Morgan fingerprint density at radius 1 is 1.26 bits per heavy atom. The predicted octanol–water partition coefficient (Wildman–Crippen LogP) is 2.52. The molecular formula is C24H26FN4O8P. The lowest BCUT2D eigenvalue weighted by atomic mass is 9.86. The second-order valence-corrected chi connectivity index (χ2v) is 10.7. The van der Waals surface area contributed by atoms with Gasteiger partial charge in [0.15, 0.2) is 5.60 Å². The Labute approximate surface area is 215 Å². The molecule has 0 fully saturated rings. The van der Waals surface area contributed by atoms with Crippen molar-refractivity contribution in [2.24, 2.45) is 0 Å². The molecule has 5 rings (SSSR count). The molecule has 2 aliphatic heterocycles. The summed E-state index contributed by atoms with van der Waals surface area (Å²) in [4.78, 5) is 48.3. The lowest BCUT2D eigenvalue weighted by molar-refractivity contribution is -0.172. The summed E-state index contributed by atoms with van der Waals surface area (Å²) < 4.78 is 36.9. The molecule has 0 aliphatic carbocycles. The second kappa shape index (κ2) is 9.14. The molecule has 1 aromatic carbocycles. The number of hydrogen-bond acceptors (Lipinski definition) is 9. The van der Waals surface area contributed by atoms with Crippen LogP contribution < -0.4 is 16.2 Å². The first kappa shape index (κ1) is 26.3. The van der Waals surface area contributed by atoms with Gasteiger partial charge in [-0.25, -0.2) is 18.7 Å². The molecule has 12 nitrogen and oxygen atoms in total. The first-order chi connectivity index (χ1) is 17.8. The number of ether oxygens (including phenoxy) is 1. The van der Waals surface area contributed by atoms with E-state index in [0.717, 1.165) is 0 Å². The number of anilines is 2. The molecular weight excluding hydrogens is 522 g/mol. The van der Waals surface area contributed by atoms with E-state index in [2.05, 4.69) is 20.1 Å². The molecule has 2 aliphatic rings. The molecule has 38 heavy (non-hydrogen) atoms. The number of benzene rings is 1. The first-order valence-electron chi connectivity index (χ1n) is 11.9. The van der Waals surface area contributed by atoms with Gasteiger partial charge in [-0.1, -0.05) is 6.92 Å². The number of pyridine rings is 2. The zero-order chi connectivity index (χ0) is 27.6. The molecule has 0 unspecified atom stereocenters. The van der Waals surface area contributed by atoms with Crippen LogP contribution in [0.25, 0.3) is 22.3 Å². The van der Waals surface area contributed by atoms with Crippen LogP contribution in [0.15, 0.2) is 23.0 Å². The number of carbonyl (C=O) groups is 1. The highest BCUT2D eigenvalue weighted by molar-refractivity contribution is 7.46. The van der Waals surface area contributed by atoms with E-state index < -0.39 is 37.5 Å². The van der Waals surface area contributed by atoms with Gasteiger partial charge in [-0.3, -0.25) is 9.32 Å². The smallest absolute Gasteiger partial charge is 0.458 e. The number of hydrogen-bond donors (Lipinski definition) is 5. The van der Waals surface area contributed by atoms with E-state index in [1.807, 2.05) is 13.8 Å². The average molecular weight is 548 g/mol. The summed E-state index contributed by atoms with van der Waals surface area (Å²) in [5.41, 5.74) is 0.216. The van der Waals surface area contributed by atoms with Crippen molar-refractivity contribution in [2.75, 3.05) is 17.4 Å². The van der Waals surface area contributed by atoms with Gasteiger partial charge in [0.1, 0.15) is 19.2 Å². The molecule has 14 heteroatoms. The Hall–Kier alpha value is -3.35. The highest BCUT2D eigenvalue weighted by Gasteiger charge is 2.45. The van der Waals surface area contributed by atoms with Crippen molar-refractivity contribution in [1.29, 1.82) is 0 Å². The molecule has 0 radical (unpaired) electrons. The number of phosphoric ester groups is 1.